The number of amides is 1. The molecule has 0 atom stereocenters. The number of halogens is 2. The lowest BCUT2D eigenvalue weighted by molar-refractivity contribution is 0.0987. The second kappa shape index (κ2) is 11.3. The van der Waals surface area contributed by atoms with Crippen molar-refractivity contribution >= 4 is 72.3 Å². The molecule has 30 heavy (non-hydrogen) atoms. The molecule has 2 aromatic heterocycles. The average molecular weight is 535 g/mol. The highest BCUT2D eigenvalue weighted by Gasteiger charge is 2.25. The van der Waals surface area contributed by atoms with Crippen LogP contribution in [0.2, 0.25) is 0 Å². The third kappa shape index (κ3) is 5.26. The number of thiophene rings is 1. The molecule has 0 bridgehead atoms. The van der Waals surface area contributed by atoms with Crippen LogP contribution in [0, 0.1) is 0 Å². The van der Waals surface area contributed by atoms with E-state index >= 15 is 0 Å². The summed E-state index contributed by atoms with van der Waals surface area (Å²) in [6.45, 7) is 7.45. The Bertz CT molecular complexity index is 950. The number of fused-ring (bicyclic) bond motifs is 1. The van der Waals surface area contributed by atoms with E-state index in [9.17, 15) is 4.79 Å². The van der Waals surface area contributed by atoms with E-state index in [0.717, 1.165) is 33.9 Å². The summed E-state index contributed by atoms with van der Waals surface area (Å²) in [4.78, 5) is 22.8. The first-order valence-electron chi connectivity index (χ1n) is 9.33. The quantitative estimate of drug-likeness (QED) is 0.360. The first-order valence-corrected chi connectivity index (χ1v) is 11.8. The topological polar surface area (TPSA) is 54.9 Å². The van der Waals surface area contributed by atoms with E-state index in [-0.39, 0.29) is 18.3 Å². The van der Waals surface area contributed by atoms with Gasteiger partial charge in [0.2, 0.25) is 0 Å². The van der Waals surface area contributed by atoms with Gasteiger partial charge in [-0.05, 0) is 53.3 Å². The molecule has 0 unspecified atom stereocenters. The number of likely N-dealkylation sites (N-methyl/N-ethyl adjacent to an activating group) is 1. The zero-order chi connectivity index (χ0) is 21.0. The maximum Gasteiger partial charge on any atom is 0.270 e. The monoisotopic (exact) mass is 533 g/mol. The minimum absolute atomic E-state index is 0. The number of benzene rings is 1. The Hall–Kier alpha value is -1.39. The van der Waals surface area contributed by atoms with Crippen LogP contribution in [-0.4, -0.2) is 56.2 Å². The molecule has 0 saturated carbocycles. The van der Waals surface area contributed by atoms with Crippen molar-refractivity contribution in [2.45, 2.75) is 13.8 Å². The average Bonchev–Trinajstić information content (AvgIpc) is 3.36. The van der Waals surface area contributed by atoms with E-state index in [2.05, 4.69) is 34.7 Å². The van der Waals surface area contributed by atoms with Crippen molar-refractivity contribution in [3.05, 3.63) is 32.9 Å². The van der Waals surface area contributed by atoms with Gasteiger partial charge >= 0.3 is 0 Å². The van der Waals surface area contributed by atoms with Crippen molar-refractivity contribution < 1.29 is 14.3 Å². The number of hydrogen-bond donors (Lipinski definition) is 0. The number of thiazole rings is 1. The molecular weight excluding hydrogens is 510 g/mol. The Morgan fingerprint density at radius 2 is 1.70 bits per heavy atom. The van der Waals surface area contributed by atoms with Crippen molar-refractivity contribution in [3.8, 4) is 11.5 Å². The zero-order valence-corrected chi connectivity index (χ0v) is 21.3. The van der Waals surface area contributed by atoms with Crippen LogP contribution < -0.4 is 14.4 Å². The molecule has 0 radical (unpaired) electrons. The van der Waals surface area contributed by atoms with Crippen LogP contribution in [0.5, 0.6) is 11.5 Å². The largest absolute Gasteiger partial charge is 0.495 e. The van der Waals surface area contributed by atoms with E-state index in [1.165, 1.54) is 22.7 Å². The van der Waals surface area contributed by atoms with E-state index in [4.69, 9.17) is 14.5 Å². The Morgan fingerprint density at radius 3 is 2.27 bits per heavy atom. The Morgan fingerprint density at radius 1 is 1.03 bits per heavy atom. The van der Waals surface area contributed by atoms with Crippen molar-refractivity contribution in [2.24, 2.45) is 0 Å². The van der Waals surface area contributed by atoms with E-state index in [1.54, 1.807) is 19.1 Å². The van der Waals surface area contributed by atoms with Crippen molar-refractivity contribution in [3.63, 3.8) is 0 Å². The summed E-state index contributed by atoms with van der Waals surface area (Å²) in [7, 11) is 3.25. The van der Waals surface area contributed by atoms with Gasteiger partial charge in [-0.3, -0.25) is 9.69 Å². The smallest absolute Gasteiger partial charge is 0.270 e. The number of ether oxygens (including phenoxy) is 2. The van der Waals surface area contributed by atoms with Gasteiger partial charge in [0, 0.05) is 13.1 Å². The van der Waals surface area contributed by atoms with Crippen molar-refractivity contribution in [1.29, 1.82) is 0 Å². The Balaban J connectivity index is 0.00000320. The molecule has 3 rings (SSSR count). The van der Waals surface area contributed by atoms with Gasteiger partial charge in [0.25, 0.3) is 5.91 Å². The molecule has 0 aliphatic heterocycles. The van der Waals surface area contributed by atoms with E-state index in [1.807, 2.05) is 24.3 Å². The molecule has 3 aromatic rings. The number of carbonyl (C=O) groups excluding carboxylic acids is 1. The van der Waals surface area contributed by atoms with Gasteiger partial charge in [0.1, 0.15) is 21.7 Å². The predicted octanol–water partition coefficient (Wildman–Crippen LogP) is 5.55. The molecule has 164 valence electrons. The van der Waals surface area contributed by atoms with Gasteiger partial charge in [-0.2, -0.15) is 0 Å². The third-order valence-electron chi connectivity index (χ3n) is 4.69. The second-order valence-corrected chi connectivity index (χ2v) is 9.67. The van der Waals surface area contributed by atoms with Gasteiger partial charge in [-0.1, -0.05) is 25.2 Å². The van der Waals surface area contributed by atoms with Gasteiger partial charge in [-0.25, -0.2) is 4.98 Å². The molecule has 0 spiro atoms. The van der Waals surface area contributed by atoms with E-state index in [0.29, 0.717) is 27.8 Å². The van der Waals surface area contributed by atoms with Crippen LogP contribution in [0.15, 0.2) is 28.1 Å². The zero-order valence-electron chi connectivity index (χ0n) is 17.3. The molecule has 1 aromatic carbocycles. The van der Waals surface area contributed by atoms with Crippen molar-refractivity contribution in [1.82, 2.24) is 9.88 Å². The van der Waals surface area contributed by atoms with Crippen molar-refractivity contribution in [2.75, 3.05) is 45.3 Å². The van der Waals surface area contributed by atoms with Gasteiger partial charge < -0.3 is 14.4 Å². The summed E-state index contributed by atoms with van der Waals surface area (Å²) >= 11 is 6.32. The molecule has 0 aliphatic carbocycles. The third-order valence-corrected chi connectivity index (χ3v) is 7.40. The Kier molecular flexibility index (Phi) is 9.36. The minimum Gasteiger partial charge on any atom is -0.495 e. The second-order valence-electron chi connectivity index (χ2n) is 6.23. The highest BCUT2D eigenvalue weighted by Crippen LogP contribution is 2.40. The number of carbonyl (C=O) groups is 1. The summed E-state index contributed by atoms with van der Waals surface area (Å²) in [5.41, 5.74) is 0.708. The summed E-state index contributed by atoms with van der Waals surface area (Å²) in [6, 6.07) is 7.44. The lowest BCUT2D eigenvalue weighted by atomic mass is 10.3. The molecule has 0 N–H and O–H groups in total. The number of methoxy groups -OCH3 is 2. The summed E-state index contributed by atoms with van der Waals surface area (Å²) in [6.07, 6.45) is 0. The summed E-state index contributed by atoms with van der Waals surface area (Å²) in [5.74, 6) is 1.34. The molecule has 10 heteroatoms. The molecule has 1 amide bonds. The number of anilines is 1. The van der Waals surface area contributed by atoms with Crippen LogP contribution in [0.25, 0.3) is 10.2 Å². The number of rotatable bonds is 9. The number of nitrogens with zero attached hydrogens (tertiary/aromatic N) is 3. The molecule has 0 aliphatic rings. The number of aromatic nitrogens is 1. The normalized spacial score (nSPS) is 10.9. The Labute approximate surface area is 199 Å². The fraction of sp³-hybridized carbons (Fsp3) is 0.400. The molecule has 0 fully saturated rings. The standard InChI is InChI=1S/C20H24BrN3O3S2.ClH/c1-5-23(6-2)11-12-24(19(25)15-9-10-16(21)28-15)20-22-17-13(26-3)7-8-14(27-4)18(17)29-20;/h7-10H,5-6,11-12H2,1-4H3;1H. The maximum absolute atomic E-state index is 13.3. The molecule has 2 heterocycles. The highest BCUT2D eigenvalue weighted by atomic mass is 79.9. The lowest BCUT2D eigenvalue weighted by Gasteiger charge is -2.24. The van der Waals surface area contributed by atoms with Crippen LogP contribution in [0.1, 0.15) is 23.5 Å². The van der Waals surface area contributed by atoms with Crippen LogP contribution in [0.3, 0.4) is 0 Å². The highest BCUT2D eigenvalue weighted by molar-refractivity contribution is 9.11. The SMILES string of the molecule is CCN(CC)CCN(C(=O)c1ccc(Br)s1)c1nc2c(OC)ccc(OC)c2s1.Cl. The first-order chi connectivity index (χ1) is 14.0. The van der Waals surface area contributed by atoms with Gasteiger partial charge in [0.15, 0.2) is 5.13 Å². The minimum atomic E-state index is -0.0511. The van der Waals surface area contributed by atoms with Crippen LogP contribution >= 0.6 is 51.0 Å². The fourth-order valence-corrected chi connectivity index (χ4v) is 5.45. The molecule has 6 nitrogen and oxygen atoms in total. The predicted molar refractivity (Wildman–Crippen MR) is 131 cm³/mol. The maximum atomic E-state index is 13.3. The number of hydrogen-bond acceptors (Lipinski definition) is 7. The fourth-order valence-electron chi connectivity index (χ4n) is 3.02. The van der Waals surface area contributed by atoms with Crippen LogP contribution in [-0.2, 0) is 0 Å². The van der Waals surface area contributed by atoms with Gasteiger partial charge in [-0.15, -0.1) is 23.7 Å². The van der Waals surface area contributed by atoms with E-state index < -0.39 is 0 Å². The first kappa shape index (κ1) is 24.9. The molecule has 0 saturated heterocycles. The summed E-state index contributed by atoms with van der Waals surface area (Å²) < 4.78 is 12.8. The lowest BCUT2D eigenvalue weighted by Crippen LogP contribution is -2.38. The summed E-state index contributed by atoms with van der Waals surface area (Å²) in [5, 5.41) is 0.643. The van der Waals surface area contributed by atoms with Crippen LogP contribution in [0.4, 0.5) is 5.13 Å². The van der Waals surface area contributed by atoms with Gasteiger partial charge in [0.05, 0.1) is 22.9 Å². The molecular formula is C20H25BrClN3O3S2.